The number of hydrogen-bond acceptors (Lipinski definition) is 2. The third kappa shape index (κ3) is 1.83. The van der Waals surface area contributed by atoms with Crippen molar-refractivity contribution in [1.29, 1.82) is 0 Å². The molecule has 1 amide bonds. The van der Waals surface area contributed by atoms with E-state index in [4.69, 9.17) is 0 Å². The van der Waals surface area contributed by atoms with Gasteiger partial charge in [0.05, 0.1) is 0 Å². The third-order valence-electron chi connectivity index (χ3n) is 2.83. The lowest BCUT2D eigenvalue weighted by Gasteiger charge is -2.15. The summed E-state index contributed by atoms with van der Waals surface area (Å²) in [4.78, 5) is 11.9. The lowest BCUT2D eigenvalue weighted by Crippen LogP contribution is -2.32. The van der Waals surface area contributed by atoms with E-state index in [9.17, 15) is 4.79 Å². The number of rotatable bonds is 2. The summed E-state index contributed by atoms with van der Waals surface area (Å²) >= 11 is 0. The lowest BCUT2D eigenvalue weighted by atomic mass is 10.0. The molecule has 2 rings (SSSR count). The average molecular weight is 218 g/mol. The van der Waals surface area contributed by atoms with E-state index in [0.29, 0.717) is 6.04 Å². The Bertz CT molecular complexity index is 438. The standard InChI is InChI=1S/C13H18N2O/c1-7(2)14-12-10-6-8(3)5-9(4)11(10)15-13(12)16/h5-7,12,14H,1-4H3,(H,15,16). The zero-order chi connectivity index (χ0) is 11.9. The Labute approximate surface area is 96.2 Å². The van der Waals surface area contributed by atoms with Crippen LogP contribution < -0.4 is 10.6 Å². The highest BCUT2D eigenvalue weighted by Crippen LogP contribution is 2.34. The predicted octanol–water partition coefficient (Wildman–Crippen LogP) is 2.29. The molecular weight excluding hydrogens is 200 g/mol. The minimum Gasteiger partial charge on any atom is -0.324 e. The molecule has 0 fully saturated rings. The van der Waals surface area contributed by atoms with E-state index in [0.717, 1.165) is 16.8 Å². The molecular formula is C13H18N2O. The van der Waals surface area contributed by atoms with Crippen molar-refractivity contribution in [3.05, 3.63) is 28.8 Å². The van der Waals surface area contributed by atoms with E-state index in [1.165, 1.54) is 5.56 Å². The molecule has 0 spiro atoms. The van der Waals surface area contributed by atoms with Gasteiger partial charge in [0.2, 0.25) is 5.91 Å². The van der Waals surface area contributed by atoms with Gasteiger partial charge in [-0.2, -0.15) is 0 Å². The van der Waals surface area contributed by atoms with Gasteiger partial charge >= 0.3 is 0 Å². The summed E-state index contributed by atoms with van der Waals surface area (Å²) in [6.07, 6.45) is 0. The van der Waals surface area contributed by atoms with Gasteiger partial charge in [-0.3, -0.25) is 10.1 Å². The molecule has 3 nitrogen and oxygen atoms in total. The molecule has 86 valence electrons. The summed E-state index contributed by atoms with van der Waals surface area (Å²) in [6.45, 7) is 8.19. The lowest BCUT2D eigenvalue weighted by molar-refractivity contribution is -0.117. The van der Waals surface area contributed by atoms with Crippen molar-refractivity contribution in [3.8, 4) is 0 Å². The van der Waals surface area contributed by atoms with Crippen molar-refractivity contribution < 1.29 is 4.79 Å². The molecule has 1 aromatic carbocycles. The van der Waals surface area contributed by atoms with E-state index in [-0.39, 0.29) is 11.9 Å². The first-order valence-corrected chi connectivity index (χ1v) is 5.67. The predicted molar refractivity (Wildman–Crippen MR) is 65.6 cm³/mol. The number of fused-ring (bicyclic) bond motifs is 1. The average Bonchev–Trinajstić information content (AvgIpc) is 2.45. The molecule has 16 heavy (non-hydrogen) atoms. The van der Waals surface area contributed by atoms with Gasteiger partial charge in [0.15, 0.2) is 0 Å². The SMILES string of the molecule is Cc1cc(C)c2c(c1)C(NC(C)C)C(=O)N2. The molecule has 0 bridgehead atoms. The summed E-state index contributed by atoms with van der Waals surface area (Å²) < 4.78 is 0. The number of anilines is 1. The van der Waals surface area contributed by atoms with Crippen LogP contribution in [0.15, 0.2) is 12.1 Å². The quantitative estimate of drug-likeness (QED) is 0.799. The molecule has 0 radical (unpaired) electrons. The number of benzene rings is 1. The van der Waals surface area contributed by atoms with Crippen LogP contribution in [0.25, 0.3) is 0 Å². The van der Waals surface area contributed by atoms with Crippen molar-refractivity contribution in [2.24, 2.45) is 0 Å². The number of aryl methyl sites for hydroxylation is 2. The maximum atomic E-state index is 11.9. The summed E-state index contributed by atoms with van der Waals surface area (Å²) in [6, 6.07) is 4.27. The van der Waals surface area contributed by atoms with Crippen molar-refractivity contribution in [3.63, 3.8) is 0 Å². The Hall–Kier alpha value is -1.35. The maximum Gasteiger partial charge on any atom is 0.246 e. The van der Waals surface area contributed by atoms with Gasteiger partial charge in [-0.15, -0.1) is 0 Å². The fourth-order valence-electron chi connectivity index (χ4n) is 2.23. The topological polar surface area (TPSA) is 41.1 Å². The summed E-state index contributed by atoms with van der Waals surface area (Å²) in [5.41, 5.74) is 4.39. The number of amides is 1. The molecule has 1 heterocycles. The normalized spacial score (nSPS) is 18.8. The highest BCUT2D eigenvalue weighted by molar-refractivity contribution is 6.03. The van der Waals surface area contributed by atoms with Crippen molar-refractivity contribution >= 4 is 11.6 Å². The Balaban J connectivity index is 2.43. The monoisotopic (exact) mass is 218 g/mol. The van der Waals surface area contributed by atoms with E-state index in [1.54, 1.807) is 0 Å². The van der Waals surface area contributed by atoms with Crippen LogP contribution in [0.4, 0.5) is 5.69 Å². The van der Waals surface area contributed by atoms with E-state index >= 15 is 0 Å². The molecule has 3 heteroatoms. The molecule has 1 atom stereocenters. The second-order valence-corrected chi connectivity index (χ2v) is 4.79. The number of carbonyl (C=O) groups excluding carboxylic acids is 1. The van der Waals surface area contributed by atoms with Gasteiger partial charge in [-0.05, 0) is 33.3 Å². The van der Waals surface area contributed by atoms with Gasteiger partial charge in [0, 0.05) is 17.3 Å². The minimum atomic E-state index is -0.200. The van der Waals surface area contributed by atoms with Gasteiger partial charge < -0.3 is 5.32 Å². The van der Waals surface area contributed by atoms with Crippen LogP contribution in [0.1, 0.15) is 36.6 Å². The van der Waals surface area contributed by atoms with Gasteiger partial charge in [0.1, 0.15) is 6.04 Å². The molecule has 0 saturated heterocycles. The highest BCUT2D eigenvalue weighted by Gasteiger charge is 2.31. The van der Waals surface area contributed by atoms with Crippen LogP contribution in [0.2, 0.25) is 0 Å². The van der Waals surface area contributed by atoms with Crippen molar-refractivity contribution in [1.82, 2.24) is 5.32 Å². The van der Waals surface area contributed by atoms with E-state index in [1.807, 2.05) is 20.8 Å². The molecule has 0 aromatic heterocycles. The number of nitrogens with one attached hydrogen (secondary N) is 2. The van der Waals surface area contributed by atoms with Crippen LogP contribution >= 0.6 is 0 Å². The van der Waals surface area contributed by atoms with Crippen molar-refractivity contribution in [2.45, 2.75) is 39.8 Å². The molecule has 0 saturated carbocycles. The Morgan fingerprint density at radius 3 is 2.62 bits per heavy atom. The zero-order valence-corrected chi connectivity index (χ0v) is 10.2. The van der Waals surface area contributed by atoms with Crippen LogP contribution in [0, 0.1) is 13.8 Å². The molecule has 1 aliphatic heterocycles. The number of hydrogen-bond donors (Lipinski definition) is 2. The second-order valence-electron chi connectivity index (χ2n) is 4.79. The van der Waals surface area contributed by atoms with Crippen LogP contribution in [-0.4, -0.2) is 11.9 Å². The Morgan fingerprint density at radius 2 is 2.00 bits per heavy atom. The second kappa shape index (κ2) is 3.91. The van der Waals surface area contributed by atoms with Crippen LogP contribution in [0.3, 0.4) is 0 Å². The van der Waals surface area contributed by atoms with Crippen molar-refractivity contribution in [2.75, 3.05) is 5.32 Å². The Morgan fingerprint density at radius 1 is 1.31 bits per heavy atom. The van der Waals surface area contributed by atoms with E-state index in [2.05, 4.69) is 29.7 Å². The fourth-order valence-corrected chi connectivity index (χ4v) is 2.23. The van der Waals surface area contributed by atoms with Gasteiger partial charge in [-0.25, -0.2) is 0 Å². The van der Waals surface area contributed by atoms with Crippen LogP contribution in [0.5, 0.6) is 0 Å². The summed E-state index contributed by atoms with van der Waals surface area (Å²) in [5, 5.41) is 6.24. The minimum absolute atomic E-state index is 0.0531. The zero-order valence-electron chi connectivity index (χ0n) is 10.2. The third-order valence-corrected chi connectivity index (χ3v) is 2.83. The first-order valence-electron chi connectivity index (χ1n) is 5.67. The summed E-state index contributed by atoms with van der Waals surface area (Å²) in [5.74, 6) is 0.0531. The van der Waals surface area contributed by atoms with E-state index < -0.39 is 0 Å². The summed E-state index contributed by atoms with van der Waals surface area (Å²) in [7, 11) is 0. The largest absolute Gasteiger partial charge is 0.324 e. The molecule has 1 aliphatic rings. The Kier molecular flexibility index (Phi) is 2.72. The van der Waals surface area contributed by atoms with Gasteiger partial charge in [0.25, 0.3) is 0 Å². The van der Waals surface area contributed by atoms with Gasteiger partial charge in [-0.1, -0.05) is 17.7 Å². The molecule has 1 unspecified atom stereocenters. The van der Waals surface area contributed by atoms with Crippen LogP contribution in [-0.2, 0) is 4.79 Å². The maximum absolute atomic E-state index is 11.9. The first kappa shape index (κ1) is 11.1. The molecule has 0 aliphatic carbocycles. The fraction of sp³-hybridized carbons (Fsp3) is 0.462. The molecule has 2 N–H and O–H groups in total. The number of carbonyl (C=O) groups is 1. The first-order chi connectivity index (χ1) is 7.49. The molecule has 1 aromatic rings. The smallest absolute Gasteiger partial charge is 0.246 e. The highest BCUT2D eigenvalue weighted by atomic mass is 16.2.